The van der Waals surface area contributed by atoms with Crippen molar-refractivity contribution in [3.63, 3.8) is 0 Å². The highest BCUT2D eigenvalue weighted by Gasteiger charge is 2.21. The van der Waals surface area contributed by atoms with Crippen molar-refractivity contribution in [2.45, 2.75) is 11.3 Å². The molecule has 4 nitrogen and oxygen atoms in total. The van der Waals surface area contributed by atoms with Crippen LogP contribution in [0.4, 0.5) is 4.39 Å². The van der Waals surface area contributed by atoms with E-state index in [4.69, 9.17) is 11.6 Å². The second kappa shape index (κ2) is 7.89. The third-order valence-electron chi connectivity index (χ3n) is 2.91. The van der Waals surface area contributed by atoms with Crippen LogP contribution < -0.4 is 10.0 Å². The van der Waals surface area contributed by atoms with E-state index in [1.165, 1.54) is 0 Å². The lowest BCUT2D eigenvalue weighted by molar-refractivity contribution is 0.557. The zero-order valence-electron chi connectivity index (χ0n) is 10.8. The maximum Gasteiger partial charge on any atom is 0.243 e. The molecule has 0 bridgehead atoms. The van der Waals surface area contributed by atoms with Crippen LogP contribution in [0, 0.1) is 5.82 Å². The van der Waals surface area contributed by atoms with Gasteiger partial charge in [-0.1, -0.05) is 23.3 Å². The lowest BCUT2D eigenvalue weighted by Gasteiger charge is -2.15. The molecule has 2 rings (SSSR count). The zero-order valence-corrected chi connectivity index (χ0v) is 14.8. The van der Waals surface area contributed by atoms with Gasteiger partial charge in [0, 0.05) is 17.6 Å². The third kappa shape index (κ3) is 4.91. The van der Waals surface area contributed by atoms with Crippen molar-refractivity contribution in [2.24, 2.45) is 0 Å². The Morgan fingerprint density at radius 3 is 2.76 bits per heavy atom. The molecular weight excluding hydrogens is 406 g/mol. The Bertz CT molecular complexity index is 653. The number of halogens is 4. The van der Waals surface area contributed by atoms with E-state index < -0.39 is 20.7 Å². The summed E-state index contributed by atoms with van der Waals surface area (Å²) in [5, 5.41) is 3.28. The Hall–Kier alpha value is -0.180. The Balaban J connectivity index is 0.00000220. The molecule has 0 aliphatic carbocycles. The molecule has 0 radical (unpaired) electrons. The van der Waals surface area contributed by atoms with Crippen LogP contribution in [0.15, 0.2) is 33.2 Å². The van der Waals surface area contributed by atoms with Crippen LogP contribution in [0.1, 0.15) is 6.42 Å². The van der Waals surface area contributed by atoms with Crippen LogP contribution in [0.3, 0.4) is 0 Å². The molecule has 0 saturated heterocycles. The van der Waals surface area contributed by atoms with Crippen molar-refractivity contribution in [1.29, 1.82) is 0 Å². The van der Waals surface area contributed by atoms with Gasteiger partial charge in [-0.15, -0.1) is 12.4 Å². The van der Waals surface area contributed by atoms with Gasteiger partial charge in [-0.05, 0) is 41.0 Å². The summed E-state index contributed by atoms with van der Waals surface area (Å²) in [6.07, 6.45) is 2.70. The lowest BCUT2D eigenvalue weighted by atomic mass is 10.1. The summed E-state index contributed by atoms with van der Waals surface area (Å²) in [6.45, 7) is 1.71. The summed E-state index contributed by atoms with van der Waals surface area (Å²) in [4.78, 5) is -0.444. The van der Waals surface area contributed by atoms with Crippen molar-refractivity contribution in [1.82, 2.24) is 10.0 Å². The maximum absolute atomic E-state index is 13.8. The fourth-order valence-electron chi connectivity index (χ4n) is 1.81. The van der Waals surface area contributed by atoms with E-state index in [9.17, 15) is 12.8 Å². The van der Waals surface area contributed by atoms with Crippen LogP contribution in [0.5, 0.6) is 0 Å². The smallest absolute Gasteiger partial charge is 0.243 e. The summed E-state index contributed by atoms with van der Waals surface area (Å²) in [6, 6.07) is 2.14. The SMILES string of the molecule is Cl.O=S(=O)(NCC1=CCNCC1)c1cc(Cl)c(Br)cc1F. The van der Waals surface area contributed by atoms with Gasteiger partial charge >= 0.3 is 0 Å². The summed E-state index contributed by atoms with van der Waals surface area (Å²) in [5.74, 6) is -0.840. The van der Waals surface area contributed by atoms with Gasteiger partial charge in [0.15, 0.2) is 0 Å². The molecule has 0 saturated carbocycles. The maximum atomic E-state index is 13.8. The molecule has 1 aliphatic rings. The van der Waals surface area contributed by atoms with Crippen LogP contribution in [-0.4, -0.2) is 28.1 Å². The lowest BCUT2D eigenvalue weighted by Crippen LogP contribution is -2.30. The first-order chi connectivity index (χ1) is 9.40. The van der Waals surface area contributed by atoms with Gasteiger partial charge in [-0.25, -0.2) is 17.5 Å². The van der Waals surface area contributed by atoms with Crippen LogP contribution >= 0.6 is 39.9 Å². The average molecular weight is 420 g/mol. The average Bonchev–Trinajstić information content (AvgIpc) is 2.42. The fourth-order valence-corrected chi connectivity index (χ4v) is 3.47. The normalized spacial score (nSPS) is 15.3. The second-order valence-corrected chi connectivity index (χ2v) is 7.33. The van der Waals surface area contributed by atoms with Crippen molar-refractivity contribution < 1.29 is 12.8 Å². The van der Waals surface area contributed by atoms with Gasteiger partial charge in [-0.2, -0.15) is 0 Å². The Morgan fingerprint density at radius 2 is 2.14 bits per heavy atom. The summed E-state index contributed by atoms with van der Waals surface area (Å²) < 4.78 is 40.7. The van der Waals surface area contributed by atoms with Gasteiger partial charge in [0.25, 0.3) is 0 Å². The standard InChI is InChI=1S/C12H13BrClFN2O2S.ClH/c13-9-5-11(15)12(6-10(9)14)20(18,19)17-7-8-1-3-16-4-2-8;/h1,5-6,16-17H,2-4,7H2;1H. The van der Waals surface area contributed by atoms with Crippen molar-refractivity contribution in [3.05, 3.63) is 39.1 Å². The molecule has 0 fully saturated rings. The first-order valence-electron chi connectivity index (χ1n) is 5.93. The quantitative estimate of drug-likeness (QED) is 0.582. The highest BCUT2D eigenvalue weighted by molar-refractivity contribution is 9.10. The van der Waals surface area contributed by atoms with E-state index in [0.717, 1.165) is 37.2 Å². The molecule has 1 aromatic carbocycles. The Labute approximate surface area is 142 Å². The molecule has 1 heterocycles. The first kappa shape index (κ1) is 18.9. The number of hydrogen-bond acceptors (Lipinski definition) is 3. The van der Waals surface area contributed by atoms with Gasteiger partial charge in [-0.3, -0.25) is 0 Å². The van der Waals surface area contributed by atoms with Crippen molar-refractivity contribution in [2.75, 3.05) is 19.6 Å². The molecule has 0 spiro atoms. The van der Waals surface area contributed by atoms with Crippen LogP contribution in [0.2, 0.25) is 5.02 Å². The molecule has 1 aromatic rings. The van der Waals surface area contributed by atoms with Crippen molar-refractivity contribution in [3.8, 4) is 0 Å². The van der Waals surface area contributed by atoms with E-state index in [1.54, 1.807) is 0 Å². The third-order valence-corrected chi connectivity index (χ3v) is 5.52. The number of nitrogens with one attached hydrogen (secondary N) is 2. The number of sulfonamides is 1. The molecule has 118 valence electrons. The highest BCUT2D eigenvalue weighted by atomic mass is 79.9. The first-order valence-corrected chi connectivity index (χ1v) is 8.58. The van der Waals surface area contributed by atoms with E-state index in [1.807, 2.05) is 6.08 Å². The second-order valence-electron chi connectivity index (χ2n) is 4.34. The monoisotopic (exact) mass is 418 g/mol. The predicted molar refractivity (Wildman–Crippen MR) is 87.1 cm³/mol. The minimum Gasteiger partial charge on any atom is -0.313 e. The van der Waals surface area contributed by atoms with Gasteiger partial charge in [0.2, 0.25) is 10.0 Å². The molecule has 0 amide bonds. The van der Waals surface area contributed by atoms with Crippen molar-refractivity contribution >= 4 is 50.0 Å². The fraction of sp³-hybridized carbons (Fsp3) is 0.333. The molecule has 1 aliphatic heterocycles. The zero-order chi connectivity index (χ0) is 14.8. The van der Waals surface area contributed by atoms with E-state index >= 15 is 0 Å². The highest BCUT2D eigenvalue weighted by Crippen LogP contribution is 2.28. The topological polar surface area (TPSA) is 58.2 Å². The predicted octanol–water partition coefficient (Wildman–Crippen LogP) is 2.86. The van der Waals surface area contributed by atoms with Gasteiger partial charge < -0.3 is 5.32 Å². The summed E-state index contributed by atoms with van der Waals surface area (Å²) >= 11 is 8.86. The summed E-state index contributed by atoms with van der Waals surface area (Å²) in [5.41, 5.74) is 0.982. The number of hydrogen-bond donors (Lipinski definition) is 2. The van der Waals surface area contributed by atoms with E-state index in [2.05, 4.69) is 26.0 Å². The van der Waals surface area contributed by atoms with Gasteiger partial charge in [0.05, 0.1) is 5.02 Å². The molecule has 0 aromatic heterocycles. The Morgan fingerprint density at radius 1 is 1.43 bits per heavy atom. The molecular formula is C12H14BrCl2FN2O2S. The molecule has 9 heteroatoms. The number of benzene rings is 1. The molecule has 21 heavy (non-hydrogen) atoms. The van der Waals surface area contributed by atoms with Gasteiger partial charge in [0.1, 0.15) is 10.7 Å². The largest absolute Gasteiger partial charge is 0.313 e. The van der Waals surface area contributed by atoms with E-state index in [0.29, 0.717) is 4.47 Å². The van der Waals surface area contributed by atoms with Crippen LogP contribution in [-0.2, 0) is 10.0 Å². The molecule has 2 N–H and O–H groups in total. The minimum atomic E-state index is -3.92. The van der Waals surface area contributed by atoms with E-state index in [-0.39, 0.29) is 24.0 Å². The Kier molecular flexibility index (Phi) is 7.09. The minimum absolute atomic E-state index is 0. The molecule has 0 unspecified atom stereocenters. The molecule has 0 atom stereocenters. The van der Waals surface area contributed by atoms with Crippen LogP contribution in [0.25, 0.3) is 0 Å². The summed E-state index contributed by atoms with van der Waals surface area (Å²) in [7, 11) is -3.92. The number of rotatable bonds is 4.